The quantitative estimate of drug-likeness (QED) is 0.0515. The number of pyridine rings is 2. The van der Waals surface area contributed by atoms with Crippen molar-refractivity contribution >= 4 is 35.2 Å². The molecule has 13 nitrogen and oxygen atoms in total. The van der Waals surface area contributed by atoms with Gasteiger partial charge in [0, 0.05) is 11.1 Å². The Balaban J connectivity index is 0.000000185. The number of carboxylic acid groups (broad SMARTS) is 1. The Morgan fingerprint density at radius 1 is 0.723 bits per heavy atom. The molecule has 0 fully saturated rings. The summed E-state index contributed by atoms with van der Waals surface area (Å²) >= 11 is 0. The number of nitrogens with two attached hydrogens (primary N) is 1. The molecule has 0 radical (unpaired) electrons. The van der Waals surface area contributed by atoms with Crippen LogP contribution in [0.1, 0.15) is 27.3 Å². The van der Waals surface area contributed by atoms with Crippen molar-refractivity contribution in [2.75, 3.05) is 10.6 Å². The zero-order valence-electron chi connectivity index (χ0n) is 24.8. The maximum atomic E-state index is 13.6. The molecule has 15 heteroatoms. The van der Waals surface area contributed by atoms with Gasteiger partial charge in [-0.2, -0.15) is 0 Å². The molecule has 0 amide bonds. The van der Waals surface area contributed by atoms with E-state index in [2.05, 4.69) is 35.7 Å². The number of aromatic carboxylic acids is 1. The van der Waals surface area contributed by atoms with Crippen molar-refractivity contribution in [1.29, 1.82) is 0 Å². The lowest BCUT2D eigenvalue weighted by Crippen LogP contribution is -2.14. The molecule has 0 aliphatic rings. The highest BCUT2D eigenvalue weighted by Gasteiger charge is 2.11. The van der Waals surface area contributed by atoms with E-state index >= 15 is 0 Å². The average molecular weight is 641 g/mol. The van der Waals surface area contributed by atoms with Crippen LogP contribution >= 0.6 is 0 Å². The highest BCUT2D eigenvalue weighted by Crippen LogP contribution is 2.27. The Hall–Kier alpha value is -6.64. The second-order valence-corrected chi connectivity index (χ2v) is 9.89. The number of amidine groups is 1. The Labute approximate surface area is 265 Å². The van der Waals surface area contributed by atoms with E-state index in [-0.39, 0.29) is 35.2 Å². The number of aryl methyl sites for hydroxylation is 2. The topological polar surface area (TPSA) is 198 Å². The molecule has 6 N–H and O–H groups in total. The van der Waals surface area contributed by atoms with Crippen molar-refractivity contribution in [3.05, 3.63) is 120 Å². The Morgan fingerprint density at radius 2 is 1.19 bits per heavy atom. The fourth-order valence-corrected chi connectivity index (χ4v) is 3.93. The summed E-state index contributed by atoms with van der Waals surface area (Å²) in [6, 6.07) is 16.2. The minimum absolute atomic E-state index is 0.0567. The van der Waals surface area contributed by atoms with E-state index in [4.69, 9.17) is 24.9 Å². The summed E-state index contributed by atoms with van der Waals surface area (Å²) in [4.78, 5) is 26.7. The molecule has 0 saturated heterocycles. The maximum Gasteiger partial charge on any atom is 0.354 e. The second-order valence-electron chi connectivity index (χ2n) is 9.89. The van der Waals surface area contributed by atoms with Crippen LogP contribution in [0.15, 0.2) is 99.4 Å². The number of oxazole rings is 2. The number of nitrogens with zero attached hydrogens (tertiary/aromatic N) is 5. The van der Waals surface area contributed by atoms with Crippen LogP contribution in [0.25, 0.3) is 22.6 Å². The first kappa shape index (κ1) is 31.8. The van der Waals surface area contributed by atoms with Crippen LogP contribution in [-0.2, 0) is 0 Å². The third-order valence-electron chi connectivity index (χ3n) is 6.54. The van der Waals surface area contributed by atoms with Gasteiger partial charge in [0.15, 0.2) is 17.4 Å². The number of carboxylic acids is 1. The zero-order valence-corrected chi connectivity index (χ0v) is 24.8. The molecular formula is C32H26F2N8O5. The van der Waals surface area contributed by atoms with Gasteiger partial charge in [-0.3, -0.25) is 4.98 Å². The normalized spacial score (nSPS) is 11.0. The molecule has 0 spiro atoms. The summed E-state index contributed by atoms with van der Waals surface area (Å²) in [5.41, 5.74) is 9.15. The van der Waals surface area contributed by atoms with Crippen molar-refractivity contribution in [2.45, 2.75) is 13.8 Å². The van der Waals surface area contributed by atoms with E-state index in [9.17, 15) is 13.6 Å². The van der Waals surface area contributed by atoms with Crippen molar-refractivity contribution in [2.24, 2.45) is 10.9 Å². The Kier molecular flexibility index (Phi) is 9.45. The minimum atomic E-state index is -1.10. The van der Waals surface area contributed by atoms with Gasteiger partial charge in [0.25, 0.3) is 12.0 Å². The standard InChI is InChI=1S/C16H14FN5O2.C16H12FN3O3/c1-9-2-3-10(6-12(9)17)14-8-20-16(24-14)21-11-4-5-13(19-7-11)15(18)22-23;1-9-2-3-10(6-12(9)17)14-8-19-16(23-14)20-11-4-5-13(15(21)22)18-7-11/h2-8,23H,1H3,(H2,18,22)(H,20,21);2-8H,1H3,(H,19,20)(H,21,22). The predicted molar refractivity (Wildman–Crippen MR) is 168 cm³/mol. The number of aromatic nitrogens is 4. The highest BCUT2D eigenvalue weighted by atomic mass is 19.1. The summed E-state index contributed by atoms with van der Waals surface area (Å²) in [5, 5.41) is 26.0. The highest BCUT2D eigenvalue weighted by molar-refractivity contribution is 5.95. The monoisotopic (exact) mass is 640 g/mol. The molecule has 0 atom stereocenters. The smallest absolute Gasteiger partial charge is 0.354 e. The van der Waals surface area contributed by atoms with E-state index in [1.807, 2.05) is 0 Å². The van der Waals surface area contributed by atoms with E-state index in [1.54, 1.807) is 56.3 Å². The number of nitrogens with one attached hydrogen (secondary N) is 2. The third kappa shape index (κ3) is 7.91. The number of anilines is 4. The minimum Gasteiger partial charge on any atom is -0.477 e. The average Bonchev–Trinajstić information content (AvgIpc) is 3.74. The van der Waals surface area contributed by atoms with Crippen LogP contribution in [0.4, 0.5) is 32.2 Å². The summed E-state index contributed by atoms with van der Waals surface area (Å²) in [6.45, 7) is 3.37. The second kappa shape index (κ2) is 14.0. The Morgan fingerprint density at radius 3 is 1.57 bits per heavy atom. The predicted octanol–water partition coefficient (Wildman–Crippen LogP) is 6.65. The molecule has 0 saturated carbocycles. The van der Waals surface area contributed by atoms with Crippen LogP contribution in [0.3, 0.4) is 0 Å². The van der Waals surface area contributed by atoms with E-state index in [0.717, 1.165) is 0 Å². The van der Waals surface area contributed by atoms with Gasteiger partial charge in [-0.1, -0.05) is 29.4 Å². The third-order valence-corrected chi connectivity index (χ3v) is 6.54. The molecule has 0 unspecified atom stereocenters. The molecular weight excluding hydrogens is 614 g/mol. The first-order valence-electron chi connectivity index (χ1n) is 13.7. The lowest BCUT2D eigenvalue weighted by molar-refractivity contribution is 0.0690. The molecule has 47 heavy (non-hydrogen) atoms. The summed E-state index contributed by atoms with van der Waals surface area (Å²) < 4.78 is 38.3. The summed E-state index contributed by atoms with van der Waals surface area (Å²) in [5.74, 6) is -0.944. The summed E-state index contributed by atoms with van der Waals surface area (Å²) in [7, 11) is 0. The van der Waals surface area contributed by atoms with E-state index < -0.39 is 5.97 Å². The van der Waals surface area contributed by atoms with Crippen molar-refractivity contribution in [3.63, 3.8) is 0 Å². The van der Waals surface area contributed by atoms with Crippen LogP contribution in [0.5, 0.6) is 0 Å². The zero-order chi connectivity index (χ0) is 33.5. The molecule has 0 aliphatic carbocycles. The maximum absolute atomic E-state index is 13.6. The summed E-state index contributed by atoms with van der Waals surface area (Å²) in [6.07, 6.45) is 5.83. The largest absolute Gasteiger partial charge is 0.477 e. The van der Waals surface area contributed by atoms with Crippen molar-refractivity contribution < 1.29 is 32.7 Å². The number of hydrogen-bond acceptors (Lipinski definition) is 11. The number of oxime groups is 1. The molecule has 0 bridgehead atoms. The van der Waals surface area contributed by atoms with E-state index in [1.165, 1.54) is 43.0 Å². The molecule has 6 aromatic rings. The number of benzene rings is 2. The molecule has 4 aromatic heterocycles. The number of carbonyl (C=O) groups is 1. The van der Waals surface area contributed by atoms with Crippen LogP contribution < -0.4 is 16.4 Å². The van der Waals surface area contributed by atoms with E-state index in [0.29, 0.717) is 50.8 Å². The molecule has 0 aliphatic heterocycles. The first-order valence-corrected chi connectivity index (χ1v) is 13.7. The molecule has 6 rings (SSSR count). The fourth-order valence-electron chi connectivity index (χ4n) is 3.93. The van der Waals surface area contributed by atoms with Crippen molar-refractivity contribution in [1.82, 2.24) is 19.9 Å². The van der Waals surface area contributed by atoms with Gasteiger partial charge in [-0.15, -0.1) is 0 Å². The van der Waals surface area contributed by atoms with Crippen molar-refractivity contribution in [3.8, 4) is 22.6 Å². The van der Waals surface area contributed by atoms with Crippen LogP contribution in [-0.4, -0.2) is 42.1 Å². The van der Waals surface area contributed by atoms with Crippen LogP contribution in [0.2, 0.25) is 0 Å². The number of halogens is 2. The van der Waals surface area contributed by atoms with Gasteiger partial charge in [0.05, 0.1) is 36.2 Å². The number of rotatable bonds is 8. The van der Waals surface area contributed by atoms with Gasteiger partial charge in [0.1, 0.15) is 23.0 Å². The molecule has 238 valence electrons. The molecule has 2 aromatic carbocycles. The lowest BCUT2D eigenvalue weighted by Gasteiger charge is -2.03. The van der Waals surface area contributed by atoms with Crippen LogP contribution in [0, 0.1) is 25.5 Å². The fraction of sp³-hybridized carbons (Fsp3) is 0.0625. The SMILES string of the molecule is Cc1ccc(-c2cnc(Nc3ccc(/C(N)=N/O)nc3)o2)cc1F.Cc1ccc(-c2cnc(Nc3ccc(C(=O)O)nc3)o2)cc1F. The van der Waals surface area contributed by atoms with Gasteiger partial charge in [-0.25, -0.2) is 28.5 Å². The molecule has 4 heterocycles. The Bertz CT molecular complexity index is 2040. The van der Waals surface area contributed by atoms with Gasteiger partial charge in [0.2, 0.25) is 0 Å². The lowest BCUT2D eigenvalue weighted by atomic mass is 10.1. The number of hydrogen-bond donors (Lipinski definition) is 5. The van der Waals surface area contributed by atoms with Gasteiger partial charge >= 0.3 is 5.97 Å². The van der Waals surface area contributed by atoms with Gasteiger partial charge < -0.3 is 35.5 Å². The first-order chi connectivity index (χ1) is 22.6. The van der Waals surface area contributed by atoms with Gasteiger partial charge in [-0.05, 0) is 61.4 Å².